The fourth-order valence-electron chi connectivity index (χ4n) is 1.35. The number of esters is 1. The minimum absolute atomic E-state index is 0.390. The SMILES string of the molecule is COC(=O)c1cccc2nnc(C)n12. The van der Waals surface area contributed by atoms with Crippen LogP contribution >= 0.6 is 0 Å². The van der Waals surface area contributed by atoms with Gasteiger partial charge in [-0.25, -0.2) is 4.79 Å². The van der Waals surface area contributed by atoms with Crippen LogP contribution in [0.25, 0.3) is 5.65 Å². The van der Waals surface area contributed by atoms with Gasteiger partial charge in [-0.2, -0.15) is 0 Å². The van der Waals surface area contributed by atoms with Gasteiger partial charge in [0, 0.05) is 0 Å². The van der Waals surface area contributed by atoms with Crippen molar-refractivity contribution in [1.29, 1.82) is 0 Å². The van der Waals surface area contributed by atoms with E-state index in [-0.39, 0.29) is 0 Å². The molecule has 5 heteroatoms. The molecule has 0 radical (unpaired) electrons. The third-order valence-corrected chi connectivity index (χ3v) is 1.98. The van der Waals surface area contributed by atoms with Crippen molar-refractivity contribution >= 4 is 11.6 Å². The van der Waals surface area contributed by atoms with Crippen LogP contribution in [-0.2, 0) is 4.74 Å². The molecule has 2 heterocycles. The van der Waals surface area contributed by atoms with E-state index in [1.54, 1.807) is 29.5 Å². The Kier molecular flexibility index (Phi) is 1.92. The molecule has 0 aromatic carbocycles. The van der Waals surface area contributed by atoms with Crippen LogP contribution in [0, 0.1) is 6.92 Å². The minimum atomic E-state index is -0.390. The van der Waals surface area contributed by atoms with Gasteiger partial charge in [-0.15, -0.1) is 10.2 Å². The zero-order chi connectivity index (χ0) is 10.1. The number of methoxy groups -OCH3 is 1. The molecule has 0 unspecified atom stereocenters. The predicted octanol–water partition coefficient (Wildman–Crippen LogP) is 0.824. The molecule has 0 aliphatic rings. The second-order valence-corrected chi connectivity index (χ2v) is 2.84. The van der Waals surface area contributed by atoms with E-state index in [1.807, 2.05) is 0 Å². The summed E-state index contributed by atoms with van der Waals surface area (Å²) in [5, 5.41) is 7.78. The number of pyridine rings is 1. The normalized spacial score (nSPS) is 10.4. The molecule has 0 atom stereocenters. The number of rotatable bonds is 1. The summed E-state index contributed by atoms with van der Waals surface area (Å²) >= 11 is 0. The van der Waals surface area contributed by atoms with Gasteiger partial charge in [-0.3, -0.25) is 4.40 Å². The van der Waals surface area contributed by atoms with Gasteiger partial charge >= 0.3 is 5.97 Å². The lowest BCUT2D eigenvalue weighted by Gasteiger charge is -2.02. The zero-order valence-electron chi connectivity index (χ0n) is 7.89. The Balaban J connectivity index is 2.75. The first kappa shape index (κ1) is 8.68. The number of carbonyl (C=O) groups is 1. The third kappa shape index (κ3) is 1.14. The average Bonchev–Trinajstić information content (AvgIpc) is 2.59. The van der Waals surface area contributed by atoms with Crippen LogP contribution in [0.2, 0.25) is 0 Å². The molecule has 0 saturated carbocycles. The number of nitrogens with zero attached hydrogens (tertiary/aromatic N) is 3. The van der Waals surface area contributed by atoms with Crippen LogP contribution in [0.3, 0.4) is 0 Å². The van der Waals surface area contributed by atoms with Crippen molar-refractivity contribution in [2.75, 3.05) is 7.11 Å². The molecule has 2 aromatic rings. The maximum atomic E-state index is 11.4. The van der Waals surface area contributed by atoms with Crippen molar-refractivity contribution in [3.8, 4) is 0 Å². The molecule has 2 rings (SSSR count). The first-order valence-electron chi connectivity index (χ1n) is 4.13. The molecule has 14 heavy (non-hydrogen) atoms. The summed E-state index contributed by atoms with van der Waals surface area (Å²) in [4.78, 5) is 11.4. The number of hydrogen-bond donors (Lipinski definition) is 0. The van der Waals surface area contributed by atoms with Gasteiger partial charge in [0.25, 0.3) is 0 Å². The Hall–Kier alpha value is -1.91. The molecule has 0 aliphatic carbocycles. The third-order valence-electron chi connectivity index (χ3n) is 1.98. The van der Waals surface area contributed by atoms with Crippen molar-refractivity contribution < 1.29 is 9.53 Å². The number of aryl methyl sites for hydroxylation is 1. The Labute approximate surface area is 80.3 Å². The highest BCUT2D eigenvalue weighted by Crippen LogP contribution is 2.08. The van der Waals surface area contributed by atoms with Crippen LogP contribution in [0.15, 0.2) is 18.2 Å². The van der Waals surface area contributed by atoms with E-state index in [4.69, 9.17) is 0 Å². The van der Waals surface area contributed by atoms with Crippen molar-refractivity contribution in [1.82, 2.24) is 14.6 Å². The molecule has 0 saturated heterocycles. The predicted molar refractivity (Wildman–Crippen MR) is 49.1 cm³/mol. The zero-order valence-corrected chi connectivity index (χ0v) is 7.89. The average molecular weight is 191 g/mol. The summed E-state index contributed by atoms with van der Waals surface area (Å²) in [5.74, 6) is 0.277. The second kappa shape index (κ2) is 3.10. The highest BCUT2D eigenvalue weighted by Gasteiger charge is 2.12. The Morgan fingerprint density at radius 1 is 1.43 bits per heavy atom. The molecular formula is C9H9N3O2. The Bertz CT molecular complexity index is 490. The van der Waals surface area contributed by atoms with Crippen molar-refractivity contribution in [2.24, 2.45) is 0 Å². The highest BCUT2D eigenvalue weighted by atomic mass is 16.5. The van der Waals surface area contributed by atoms with Gasteiger partial charge in [-0.1, -0.05) is 6.07 Å². The molecule has 0 amide bonds. The number of fused-ring (bicyclic) bond motifs is 1. The lowest BCUT2D eigenvalue weighted by molar-refractivity contribution is 0.0592. The molecule has 0 fully saturated rings. The van der Waals surface area contributed by atoms with Crippen LogP contribution in [0.4, 0.5) is 0 Å². The van der Waals surface area contributed by atoms with Gasteiger partial charge < -0.3 is 4.74 Å². The van der Waals surface area contributed by atoms with Crippen molar-refractivity contribution in [2.45, 2.75) is 6.92 Å². The summed E-state index contributed by atoms with van der Waals surface area (Å²) in [7, 11) is 1.35. The highest BCUT2D eigenvalue weighted by molar-refractivity contribution is 5.88. The molecule has 5 nitrogen and oxygen atoms in total. The Morgan fingerprint density at radius 3 is 2.93 bits per heavy atom. The molecule has 0 bridgehead atoms. The van der Waals surface area contributed by atoms with E-state index in [9.17, 15) is 4.79 Å². The van der Waals surface area contributed by atoms with Gasteiger partial charge in [0.1, 0.15) is 11.5 Å². The van der Waals surface area contributed by atoms with E-state index in [1.165, 1.54) is 7.11 Å². The number of aromatic nitrogens is 3. The van der Waals surface area contributed by atoms with E-state index in [0.29, 0.717) is 17.2 Å². The van der Waals surface area contributed by atoms with E-state index >= 15 is 0 Å². The van der Waals surface area contributed by atoms with Crippen LogP contribution in [0.5, 0.6) is 0 Å². The topological polar surface area (TPSA) is 56.5 Å². The summed E-state index contributed by atoms with van der Waals surface area (Å²) in [5.41, 5.74) is 1.08. The Morgan fingerprint density at radius 2 is 2.21 bits per heavy atom. The largest absolute Gasteiger partial charge is 0.464 e. The first-order valence-corrected chi connectivity index (χ1v) is 4.13. The molecule has 2 aromatic heterocycles. The quantitative estimate of drug-likeness (QED) is 0.626. The fraction of sp³-hybridized carbons (Fsp3) is 0.222. The number of carbonyl (C=O) groups excluding carboxylic acids is 1. The molecular weight excluding hydrogens is 182 g/mol. The van der Waals surface area contributed by atoms with Crippen LogP contribution in [-0.4, -0.2) is 27.7 Å². The van der Waals surface area contributed by atoms with Crippen LogP contribution in [0.1, 0.15) is 16.3 Å². The second-order valence-electron chi connectivity index (χ2n) is 2.84. The first-order chi connectivity index (χ1) is 6.74. The van der Waals surface area contributed by atoms with Gasteiger partial charge in [0.2, 0.25) is 0 Å². The minimum Gasteiger partial charge on any atom is -0.464 e. The van der Waals surface area contributed by atoms with E-state index in [0.717, 1.165) is 0 Å². The van der Waals surface area contributed by atoms with Crippen LogP contribution < -0.4 is 0 Å². The smallest absolute Gasteiger partial charge is 0.355 e. The summed E-state index contributed by atoms with van der Waals surface area (Å²) in [6.07, 6.45) is 0. The standard InChI is InChI=1S/C9H9N3O2/c1-6-10-11-8-5-3-4-7(12(6)8)9(13)14-2/h3-5H,1-2H3. The lowest BCUT2D eigenvalue weighted by atomic mass is 10.3. The van der Waals surface area contributed by atoms with Crippen molar-refractivity contribution in [3.63, 3.8) is 0 Å². The van der Waals surface area contributed by atoms with Gasteiger partial charge in [0.15, 0.2) is 5.65 Å². The summed E-state index contributed by atoms with van der Waals surface area (Å²) in [6, 6.07) is 5.21. The van der Waals surface area contributed by atoms with Crippen molar-refractivity contribution in [3.05, 3.63) is 29.7 Å². The monoisotopic (exact) mass is 191 g/mol. The summed E-state index contributed by atoms with van der Waals surface area (Å²) in [6.45, 7) is 1.78. The number of ether oxygens (including phenoxy) is 1. The van der Waals surface area contributed by atoms with Gasteiger partial charge in [-0.05, 0) is 19.1 Å². The number of hydrogen-bond acceptors (Lipinski definition) is 4. The maximum absolute atomic E-state index is 11.4. The molecule has 72 valence electrons. The van der Waals surface area contributed by atoms with E-state index < -0.39 is 5.97 Å². The van der Waals surface area contributed by atoms with E-state index in [2.05, 4.69) is 14.9 Å². The molecule has 0 N–H and O–H groups in total. The fourth-order valence-corrected chi connectivity index (χ4v) is 1.35. The summed E-state index contributed by atoms with van der Waals surface area (Å²) < 4.78 is 6.31. The lowest BCUT2D eigenvalue weighted by Crippen LogP contribution is -2.08. The maximum Gasteiger partial charge on any atom is 0.355 e. The molecule has 0 spiro atoms. The molecule has 0 aliphatic heterocycles. The van der Waals surface area contributed by atoms with Gasteiger partial charge in [0.05, 0.1) is 7.11 Å².